The van der Waals surface area contributed by atoms with Gasteiger partial charge in [0.05, 0.1) is 19.8 Å². The zero-order valence-corrected chi connectivity index (χ0v) is 13.1. The monoisotopic (exact) mass is 291 g/mol. The highest BCUT2D eigenvalue weighted by Crippen LogP contribution is 2.32. The Morgan fingerprint density at radius 1 is 1.38 bits per heavy atom. The van der Waals surface area contributed by atoms with Crippen LogP contribution in [-0.4, -0.2) is 31.8 Å². The third kappa shape index (κ3) is 4.29. The molecule has 0 saturated carbocycles. The Kier molecular flexibility index (Phi) is 5.76. The van der Waals surface area contributed by atoms with Gasteiger partial charge in [0.1, 0.15) is 6.04 Å². The predicted octanol–water partition coefficient (Wildman–Crippen LogP) is 2.62. The Morgan fingerprint density at radius 3 is 2.86 bits per heavy atom. The summed E-state index contributed by atoms with van der Waals surface area (Å²) in [5.41, 5.74) is 2.62. The molecule has 0 spiro atoms. The number of methoxy groups -OCH3 is 1. The number of nitrogens with one attached hydrogen (secondary N) is 1. The maximum Gasteiger partial charge on any atom is 0.325 e. The van der Waals surface area contributed by atoms with Gasteiger partial charge in [0.2, 0.25) is 0 Å². The minimum atomic E-state index is -0.413. The fourth-order valence-corrected chi connectivity index (χ4v) is 2.82. The molecule has 4 nitrogen and oxygen atoms in total. The Morgan fingerprint density at radius 2 is 2.14 bits per heavy atom. The van der Waals surface area contributed by atoms with E-state index in [4.69, 9.17) is 9.47 Å². The van der Waals surface area contributed by atoms with E-state index in [-0.39, 0.29) is 18.1 Å². The van der Waals surface area contributed by atoms with E-state index in [1.807, 2.05) is 19.9 Å². The van der Waals surface area contributed by atoms with E-state index in [9.17, 15) is 4.79 Å². The molecular weight excluding hydrogens is 266 g/mol. The number of aryl methyl sites for hydroxylation is 1. The van der Waals surface area contributed by atoms with Crippen molar-refractivity contribution in [2.75, 3.05) is 13.7 Å². The lowest BCUT2D eigenvalue weighted by molar-refractivity contribution is -0.145. The van der Waals surface area contributed by atoms with Crippen molar-refractivity contribution in [1.29, 1.82) is 0 Å². The van der Waals surface area contributed by atoms with Crippen molar-refractivity contribution in [1.82, 2.24) is 5.32 Å². The van der Waals surface area contributed by atoms with Gasteiger partial charge in [-0.15, -0.1) is 0 Å². The number of esters is 1. The molecule has 0 aliphatic heterocycles. The number of ether oxygens (including phenoxy) is 2. The van der Waals surface area contributed by atoms with Gasteiger partial charge in [0.25, 0.3) is 0 Å². The summed E-state index contributed by atoms with van der Waals surface area (Å²) < 4.78 is 10.9. The third-order valence-corrected chi connectivity index (χ3v) is 3.80. The highest BCUT2D eigenvalue weighted by molar-refractivity contribution is 5.75. The normalized spacial score (nSPS) is 19.1. The predicted molar refractivity (Wildman–Crippen MR) is 82.1 cm³/mol. The van der Waals surface area contributed by atoms with Gasteiger partial charge in [0.15, 0.2) is 0 Å². The van der Waals surface area contributed by atoms with Gasteiger partial charge in [-0.2, -0.15) is 0 Å². The second-order valence-electron chi connectivity index (χ2n) is 5.81. The largest absolute Gasteiger partial charge is 0.468 e. The summed E-state index contributed by atoms with van der Waals surface area (Å²) in [6, 6.07) is 8.20. The first-order chi connectivity index (χ1) is 10.1. The average molecular weight is 291 g/mol. The summed E-state index contributed by atoms with van der Waals surface area (Å²) in [6.07, 6.45) is 3.33. The molecule has 1 aliphatic carbocycles. The zero-order chi connectivity index (χ0) is 15.2. The molecule has 116 valence electrons. The minimum absolute atomic E-state index is 0.0797. The van der Waals surface area contributed by atoms with E-state index in [0.29, 0.717) is 6.61 Å². The maximum absolute atomic E-state index is 11.8. The van der Waals surface area contributed by atoms with Crippen molar-refractivity contribution in [2.45, 2.75) is 51.3 Å². The lowest BCUT2D eigenvalue weighted by Gasteiger charge is -2.27. The van der Waals surface area contributed by atoms with E-state index in [1.165, 1.54) is 18.2 Å². The van der Waals surface area contributed by atoms with Crippen LogP contribution in [-0.2, 0) is 20.7 Å². The number of hydrogen-bond donors (Lipinski definition) is 1. The van der Waals surface area contributed by atoms with Crippen LogP contribution in [0.4, 0.5) is 0 Å². The summed E-state index contributed by atoms with van der Waals surface area (Å²) in [4.78, 5) is 11.8. The molecule has 2 atom stereocenters. The SMILES string of the molecule is COC(=O)C(COC1CCCc2ccccc21)NC(C)C. The molecule has 0 bridgehead atoms. The van der Waals surface area contributed by atoms with E-state index in [1.54, 1.807) is 0 Å². The number of rotatable bonds is 6. The van der Waals surface area contributed by atoms with Crippen LogP contribution < -0.4 is 5.32 Å². The topological polar surface area (TPSA) is 47.6 Å². The third-order valence-electron chi connectivity index (χ3n) is 3.80. The number of hydrogen-bond acceptors (Lipinski definition) is 4. The molecule has 0 saturated heterocycles. The molecule has 0 fully saturated rings. The summed E-state index contributed by atoms with van der Waals surface area (Å²) >= 11 is 0. The summed E-state index contributed by atoms with van der Waals surface area (Å²) in [7, 11) is 1.41. The molecule has 0 aromatic heterocycles. The van der Waals surface area contributed by atoms with Crippen LogP contribution in [0, 0.1) is 0 Å². The first-order valence-corrected chi connectivity index (χ1v) is 7.65. The number of carbonyl (C=O) groups excluding carboxylic acids is 1. The van der Waals surface area contributed by atoms with Crippen LogP contribution in [0.3, 0.4) is 0 Å². The van der Waals surface area contributed by atoms with Crippen molar-refractivity contribution in [3.63, 3.8) is 0 Å². The lowest BCUT2D eigenvalue weighted by Crippen LogP contribution is -2.45. The second kappa shape index (κ2) is 7.57. The maximum atomic E-state index is 11.8. The molecule has 2 unspecified atom stereocenters. The fourth-order valence-electron chi connectivity index (χ4n) is 2.82. The molecule has 1 aromatic rings. The second-order valence-corrected chi connectivity index (χ2v) is 5.81. The molecule has 2 rings (SSSR count). The van der Waals surface area contributed by atoms with E-state index >= 15 is 0 Å². The summed E-state index contributed by atoms with van der Waals surface area (Å²) in [6.45, 7) is 4.35. The van der Waals surface area contributed by atoms with Gasteiger partial charge in [-0.05, 0) is 30.4 Å². The van der Waals surface area contributed by atoms with E-state index in [2.05, 4.69) is 23.5 Å². The molecular formula is C17H25NO3. The van der Waals surface area contributed by atoms with Gasteiger partial charge < -0.3 is 14.8 Å². The van der Waals surface area contributed by atoms with Crippen LogP contribution in [0.25, 0.3) is 0 Å². The zero-order valence-electron chi connectivity index (χ0n) is 13.1. The highest BCUT2D eigenvalue weighted by atomic mass is 16.5. The first kappa shape index (κ1) is 16.0. The Hall–Kier alpha value is -1.39. The smallest absolute Gasteiger partial charge is 0.325 e. The highest BCUT2D eigenvalue weighted by Gasteiger charge is 2.25. The molecule has 0 radical (unpaired) electrons. The molecule has 1 aliphatic rings. The molecule has 1 N–H and O–H groups in total. The van der Waals surface area contributed by atoms with Crippen LogP contribution in [0.1, 0.15) is 43.9 Å². The van der Waals surface area contributed by atoms with Gasteiger partial charge in [-0.3, -0.25) is 4.79 Å². The van der Waals surface area contributed by atoms with Crippen LogP contribution in [0.15, 0.2) is 24.3 Å². The van der Waals surface area contributed by atoms with Crippen LogP contribution >= 0.6 is 0 Å². The van der Waals surface area contributed by atoms with Crippen molar-refractivity contribution in [2.24, 2.45) is 0 Å². The molecule has 1 aromatic carbocycles. The lowest BCUT2D eigenvalue weighted by atomic mass is 9.89. The van der Waals surface area contributed by atoms with Gasteiger partial charge in [0, 0.05) is 6.04 Å². The van der Waals surface area contributed by atoms with Crippen LogP contribution in [0.5, 0.6) is 0 Å². The first-order valence-electron chi connectivity index (χ1n) is 7.65. The van der Waals surface area contributed by atoms with Crippen molar-refractivity contribution in [3.05, 3.63) is 35.4 Å². The minimum Gasteiger partial charge on any atom is -0.468 e. The number of carbonyl (C=O) groups is 1. The van der Waals surface area contributed by atoms with Crippen LogP contribution in [0.2, 0.25) is 0 Å². The van der Waals surface area contributed by atoms with Gasteiger partial charge >= 0.3 is 5.97 Å². The van der Waals surface area contributed by atoms with E-state index in [0.717, 1.165) is 19.3 Å². The molecule has 21 heavy (non-hydrogen) atoms. The summed E-state index contributed by atoms with van der Waals surface area (Å²) in [5, 5.41) is 3.19. The molecule has 0 amide bonds. The van der Waals surface area contributed by atoms with Gasteiger partial charge in [-0.25, -0.2) is 0 Å². The fraction of sp³-hybridized carbons (Fsp3) is 0.588. The Bertz CT molecular complexity index is 473. The number of benzene rings is 1. The van der Waals surface area contributed by atoms with Crippen molar-refractivity contribution >= 4 is 5.97 Å². The quantitative estimate of drug-likeness (QED) is 0.819. The Labute approximate surface area is 126 Å². The molecule has 4 heteroatoms. The van der Waals surface area contributed by atoms with Crippen molar-refractivity contribution < 1.29 is 14.3 Å². The van der Waals surface area contributed by atoms with E-state index < -0.39 is 6.04 Å². The standard InChI is InChI=1S/C17H25NO3/c1-12(2)18-15(17(19)20-3)11-21-16-10-6-8-13-7-4-5-9-14(13)16/h4-5,7,9,12,15-16,18H,6,8,10-11H2,1-3H3. The average Bonchev–Trinajstić information content (AvgIpc) is 2.50. The number of fused-ring (bicyclic) bond motifs is 1. The van der Waals surface area contributed by atoms with Gasteiger partial charge in [-0.1, -0.05) is 38.1 Å². The summed E-state index contributed by atoms with van der Waals surface area (Å²) in [5.74, 6) is -0.271. The Balaban J connectivity index is 1.99. The van der Waals surface area contributed by atoms with Crippen molar-refractivity contribution in [3.8, 4) is 0 Å². The molecule has 0 heterocycles.